The molecule has 0 bridgehead atoms. The number of hydrogen-bond acceptors (Lipinski definition) is 4. The van der Waals surface area contributed by atoms with Crippen LogP contribution < -0.4 is 0 Å². The van der Waals surface area contributed by atoms with Gasteiger partial charge < -0.3 is 14.6 Å². The molecule has 0 aliphatic heterocycles. The maximum atomic E-state index is 11.3. The second-order valence-electron chi connectivity index (χ2n) is 5.14. The van der Waals surface area contributed by atoms with Gasteiger partial charge in [0.2, 0.25) is 0 Å². The molecule has 0 heterocycles. The first-order valence-corrected chi connectivity index (χ1v) is 7.02. The van der Waals surface area contributed by atoms with Gasteiger partial charge in [0.1, 0.15) is 6.10 Å². The number of carboxylic acid groups (broad SMARTS) is 1. The summed E-state index contributed by atoms with van der Waals surface area (Å²) >= 11 is 0. The number of ether oxygens (including phenoxy) is 2. The lowest BCUT2D eigenvalue weighted by atomic mass is 9.90. The molecule has 1 N–H and O–H groups in total. The van der Waals surface area contributed by atoms with Crippen LogP contribution in [0.15, 0.2) is 18.2 Å². The number of benzene rings is 1. The molecular weight excluding hydrogens is 272 g/mol. The monoisotopic (exact) mass is 294 g/mol. The van der Waals surface area contributed by atoms with Crippen LogP contribution in [0.1, 0.15) is 54.6 Å². The number of rotatable bonds is 6. The number of carbonyl (C=O) groups excluding carboxylic acids is 1. The molecule has 5 heteroatoms. The quantitative estimate of drug-likeness (QED) is 0.809. The van der Waals surface area contributed by atoms with Crippen LogP contribution in [-0.4, -0.2) is 29.9 Å². The molecule has 0 saturated heterocycles. The number of hydrogen-bond donors (Lipinski definition) is 1. The number of aryl methyl sites for hydroxylation is 1. The molecule has 5 nitrogen and oxygen atoms in total. The Hall–Kier alpha value is -2.04. The fourth-order valence-corrected chi connectivity index (χ4v) is 2.27. The van der Waals surface area contributed by atoms with E-state index in [0.29, 0.717) is 6.42 Å². The average Bonchev–Trinajstić information content (AvgIpc) is 2.37. The molecule has 0 fully saturated rings. The van der Waals surface area contributed by atoms with E-state index in [-0.39, 0.29) is 24.2 Å². The Balaban J connectivity index is 2.79. The van der Waals surface area contributed by atoms with Crippen LogP contribution >= 0.6 is 0 Å². The minimum atomic E-state index is -0.948. The van der Waals surface area contributed by atoms with Gasteiger partial charge in [0, 0.05) is 0 Å². The first-order chi connectivity index (χ1) is 9.85. The summed E-state index contributed by atoms with van der Waals surface area (Å²) in [5, 5.41) is 9.25. The topological polar surface area (TPSA) is 72.8 Å². The van der Waals surface area contributed by atoms with Gasteiger partial charge in [0.05, 0.1) is 12.2 Å². The van der Waals surface area contributed by atoms with Crippen molar-refractivity contribution in [3.63, 3.8) is 0 Å². The van der Waals surface area contributed by atoms with E-state index in [1.165, 1.54) is 0 Å². The van der Waals surface area contributed by atoms with Crippen molar-refractivity contribution < 1.29 is 24.2 Å². The van der Waals surface area contributed by atoms with Gasteiger partial charge in [-0.05, 0) is 44.7 Å². The standard InChI is InChI=1S/C16H22O5/c1-5-20-16(19)21-12(4)9-11(3)14-8-10(2)6-7-13(14)15(17)18/h6-8,11-12H,5,9H2,1-4H3,(H,17,18). The normalized spacial score (nSPS) is 13.3. The first kappa shape index (κ1) is 17.0. The lowest BCUT2D eigenvalue weighted by Gasteiger charge is -2.19. The third-order valence-electron chi connectivity index (χ3n) is 3.21. The van der Waals surface area contributed by atoms with Crippen LogP contribution in [0.3, 0.4) is 0 Å². The van der Waals surface area contributed by atoms with Gasteiger partial charge in [0.15, 0.2) is 0 Å². The molecule has 21 heavy (non-hydrogen) atoms. The van der Waals surface area contributed by atoms with Crippen LogP contribution in [0.25, 0.3) is 0 Å². The van der Waals surface area contributed by atoms with E-state index < -0.39 is 12.1 Å². The van der Waals surface area contributed by atoms with Crippen molar-refractivity contribution in [3.8, 4) is 0 Å². The summed E-state index contributed by atoms with van der Waals surface area (Å²) in [4.78, 5) is 22.5. The van der Waals surface area contributed by atoms with Gasteiger partial charge in [0.25, 0.3) is 0 Å². The van der Waals surface area contributed by atoms with E-state index in [0.717, 1.165) is 11.1 Å². The van der Waals surface area contributed by atoms with Gasteiger partial charge in [-0.15, -0.1) is 0 Å². The summed E-state index contributed by atoms with van der Waals surface area (Å²) in [6.45, 7) is 7.58. The van der Waals surface area contributed by atoms with Crippen molar-refractivity contribution in [1.29, 1.82) is 0 Å². The van der Waals surface area contributed by atoms with E-state index in [2.05, 4.69) is 0 Å². The maximum Gasteiger partial charge on any atom is 0.508 e. The zero-order chi connectivity index (χ0) is 16.0. The molecule has 0 amide bonds. The Morgan fingerprint density at radius 1 is 1.29 bits per heavy atom. The van der Waals surface area contributed by atoms with E-state index in [4.69, 9.17) is 9.47 Å². The van der Waals surface area contributed by atoms with Crippen molar-refractivity contribution in [1.82, 2.24) is 0 Å². The van der Waals surface area contributed by atoms with E-state index in [9.17, 15) is 14.7 Å². The third kappa shape index (κ3) is 5.10. The average molecular weight is 294 g/mol. The van der Waals surface area contributed by atoms with Crippen molar-refractivity contribution in [3.05, 3.63) is 34.9 Å². The highest BCUT2D eigenvalue weighted by Gasteiger charge is 2.20. The smallest absolute Gasteiger partial charge is 0.478 e. The van der Waals surface area contributed by atoms with E-state index in [1.54, 1.807) is 26.0 Å². The van der Waals surface area contributed by atoms with Gasteiger partial charge in [-0.1, -0.05) is 24.6 Å². The van der Waals surface area contributed by atoms with E-state index >= 15 is 0 Å². The minimum Gasteiger partial charge on any atom is -0.478 e. The highest BCUT2D eigenvalue weighted by atomic mass is 16.7. The van der Waals surface area contributed by atoms with Gasteiger partial charge >= 0.3 is 12.1 Å². The largest absolute Gasteiger partial charge is 0.508 e. The van der Waals surface area contributed by atoms with Crippen molar-refractivity contribution in [2.75, 3.05) is 6.61 Å². The molecule has 0 aliphatic carbocycles. The zero-order valence-corrected chi connectivity index (χ0v) is 12.9. The SMILES string of the molecule is CCOC(=O)OC(C)CC(C)c1cc(C)ccc1C(=O)O. The molecular formula is C16H22O5. The highest BCUT2D eigenvalue weighted by Crippen LogP contribution is 2.26. The molecule has 0 spiro atoms. The molecule has 0 aliphatic rings. The fourth-order valence-electron chi connectivity index (χ4n) is 2.27. The van der Waals surface area contributed by atoms with Crippen molar-refractivity contribution in [2.45, 2.75) is 46.1 Å². The third-order valence-corrected chi connectivity index (χ3v) is 3.21. The number of carboxylic acids is 1. The second kappa shape index (κ2) is 7.67. The van der Waals surface area contributed by atoms with Gasteiger partial charge in [-0.3, -0.25) is 0 Å². The Labute approximate surface area is 124 Å². The lowest BCUT2D eigenvalue weighted by molar-refractivity contribution is 0.0278. The predicted molar refractivity (Wildman–Crippen MR) is 78.7 cm³/mol. The molecule has 2 atom stereocenters. The van der Waals surface area contributed by atoms with Crippen LogP contribution in [0.5, 0.6) is 0 Å². The summed E-state index contributed by atoms with van der Waals surface area (Å²) in [5.74, 6) is -0.990. The summed E-state index contributed by atoms with van der Waals surface area (Å²) < 4.78 is 9.83. The van der Waals surface area contributed by atoms with Crippen LogP contribution in [0.2, 0.25) is 0 Å². The Morgan fingerprint density at radius 3 is 2.52 bits per heavy atom. The molecule has 0 saturated carbocycles. The Morgan fingerprint density at radius 2 is 1.95 bits per heavy atom. The Bertz CT molecular complexity index is 509. The molecule has 1 aromatic carbocycles. The maximum absolute atomic E-state index is 11.3. The summed E-state index contributed by atoms with van der Waals surface area (Å²) in [7, 11) is 0. The van der Waals surface area contributed by atoms with Gasteiger partial charge in [-0.25, -0.2) is 9.59 Å². The predicted octanol–water partition coefficient (Wildman–Crippen LogP) is 3.75. The van der Waals surface area contributed by atoms with Crippen molar-refractivity contribution >= 4 is 12.1 Å². The molecule has 1 rings (SSSR count). The van der Waals surface area contributed by atoms with E-state index in [1.807, 2.05) is 19.9 Å². The Kier molecular flexibility index (Phi) is 6.21. The van der Waals surface area contributed by atoms with Crippen LogP contribution in [0.4, 0.5) is 4.79 Å². The summed E-state index contributed by atoms with van der Waals surface area (Å²) in [6, 6.07) is 5.25. The molecule has 2 unspecified atom stereocenters. The minimum absolute atomic E-state index is 0.0413. The first-order valence-electron chi connectivity index (χ1n) is 7.02. The molecule has 0 radical (unpaired) electrons. The molecule has 1 aromatic rings. The summed E-state index contributed by atoms with van der Waals surface area (Å²) in [5.41, 5.74) is 2.04. The zero-order valence-electron chi connectivity index (χ0n) is 12.9. The fraction of sp³-hybridized carbons (Fsp3) is 0.500. The summed E-state index contributed by atoms with van der Waals surface area (Å²) in [6.07, 6.45) is -0.510. The van der Waals surface area contributed by atoms with Crippen LogP contribution in [-0.2, 0) is 9.47 Å². The number of carbonyl (C=O) groups is 2. The highest BCUT2D eigenvalue weighted by molar-refractivity contribution is 5.89. The second-order valence-corrected chi connectivity index (χ2v) is 5.14. The number of aromatic carboxylic acids is 1. The molecule has 116 valence electrons. The lowest BCUT2D eigenvalue weighted by Crippen LogP contribution is -2.19. The molecule has 0 aromatic heterocycles. The van der Waals surface area contributed by atoms with Crippen molar-refractivity contribution in [2.24, 2.45) is 0 Å². The van der Waals surface area contributed by atoms with Crippen LogP contribution in [0, 0.1) is 6.92 Å². The van der Waals surface area contributed by atoms with Gasteiger partial charge in [-0.2, -0.15) is 0 Å².